The number of hydrogen-bond acceptors (Lipinski definition) is 3. The summed E-state index contributed by atoms with van der Waals surface area (Å²) >= 11 is 0. The Morgan fingerprint density at radius 2 is 2.06 bits per heavy atom. The molecule has 1 aliphatic carbocycles. The molecule has 3 unspecified atom stereocenters. The molecule has 0 amide bonds. The first-order valence-electron chi connectivity index (χ1n) is 6.61. The van der Waals surface area contributed by atoms with Gasteiger partial charge in [0, 0.05) is 6.04 Å². The van der Waals surface area contributed by atoms with Gasteiger partial charge in [-0.1, -0.05) is 26.7 Å². The summed E-state index contributed by atoms with van der Waals surface area (Å²) in [6, 6.07) is 0.369. The molecule has 0 saturated heterocycles. The van der Waals surface area contributed by atoms with Crippen LogP contribution in [0.1, 0.15) is 52.9 Å². The van der Waals surface area contributed by atoms with Crippen molar-refractivity contribution in [2.75, 3.05) is 6.61 Å². The zero-order valence-electron chi connectivity index (χ0n) is 10.8. The van der Waals surface area contributed by atoms with E-state index in [-0.39, 0.29) is 12.0 Å². The zero-order valence-corrected chi connectivity index (χ0v) is 10.8. The maximum Gasteiger partial charge on any atom is 0.323 e. The van der Waals surface area contributed by atoms with Gasteiger partial charge in [0.2, 0.25) is 0 Å². The molecule has 1 rings (SSSR count). The average Bonchev–Trinajstić information content (AvgIpc) is 2.28. The van der Waals surface area contributed by atoms with Crippen LogP contribution in [-0.4, -0.2) is 24.7 Å². The fourth-order valence-corrected chi connectivity index (χ4v) is 2.42. The van der Waals surface area contributed by atoms with Crippen molar-refractivity contribution >= 4 is 5.97 Å². The quantitative estimate of drug-likeness (QED) is 0.733. The number of rotatable bonds is 5. The van der Waals surface area contributed by atoms with Crippen LogP contribution < -0.4 is 5.32 Å². The number of carbonyl (C=O) groups is 1. The predicted octanol–water partition coefficient (Wildman–Crippen LogP) is 2.50. The Labute approximate surface area is 98.9 Å². The van der Waals surface area contributed by atoms with Crippen molar-refractivity contribution in [1.29, 1.82) is 0 Å². The maximum absolute atomic E-state index is 11.7. The second kappa shape index (κ2) is 6.89. The molecule has 1 N–H and O–H groups in total. The summed E-state index contributed by atoms with van der Waals surface area (Å²) in [6.07, 6.45) is 5.88. The normalized spacial score (nSPS) is 27.4. The Morgan fingerprint density at radius 3 is 2.62 bits per heavy atom. The third-order valence-corrected chi connectivity index (χ3v) is 3.51. The standard InChI is InChI=1S/C13H25NO2/c1-4-11(13(15)16-5-2)14-12-9-7-6-8-10(12)3/h10-12,14H,4-9H2,1-3H3. The van der Waals surface area contributed by atoms with Crippen molar-refractivity contribution in [3.8, 4) is 0 Å². The minimum Gasteiger partial charge on any atom is -0.465 e. The van der Waals surface area contributed by atoms with E-state index in [9.17, 15) is 4.79 Å². The predicted molar refractivity (Wildman–Crippen MR) is 65.3 cm³/mol. The summed E-state index contributed by atoms with van der Waals surface area (Å²) in [4.78, 5) is 11.7. The van der Waals surface area contributed by atoms with Gasteiger partial charge in [-0.15, -0.1) is 0 Å². The van der Waals surface area contributed by atoms with Gasteiger partial charge < -0.3 is 10.1 Å². The van der Waals surface area contributed by atoms with E-state index in [0.717, 1.165) is 6.42 Å². The van der Waals surface area contributed by atoms with Gasteiger partial charge in [0.05, 0.1) is 6.61 Å². The molecule has 0 aromatic heterocycles. The number of ether oxygens (including phenoxy) is 1. The maximum atomic E-state index is 11.7. The third kappa shape index (κ3) is 3.78. The zero-order chi connectivity index (χ0) is 12.0. The van der Waals surface area contributed by atoms with Crippen LogP contribution in [0.5, 0.6) is 0 Å². The van der Waals surface area contributed by atoms with Crippen molar-refractivity contribution < 1.29 is 9.53 Å². The summed E-state index contributed by atoms with van der Waals surface area (Å²) in [5, 5.41) is 3.47. The van der Waals surface area contributed by atoms with Gasteiger partial charge in [0.1, 0.15) is 6.04 Å². The van der Waals surface area contributed by atoms with Crippen LogP contribution in [0.4, 0.5) is 0 Å². The van der Waals surface area contributed by atoms with Crippen LogP contribution in [0.25, 0.3) is 0 Å². The van der Waals surface area contributed by atoms with Crippen LogP contribution in [0.3, 0.4) is 0 Å². The first-order valence-corrected chi connectivity index (χ1v) is 6.61. The highest BCUT2D eigenvalue weighted by Crippen LogP contribution is 2.24. The molecule has 16 heavy (non-hydrogen) atoms. The van der Waals surface area contributed by atoms with Gasteiger partial charge in [-0.25, -0.2) is 0 Å². The number of carbonyl (C=O) groups excluding carboxylic acids is 1. The molecule has 3 heteroatoms. The van der Waals surface area contributed by atoms with E-state index in [2.05, 4.69) is 12.2 Å². The van der Waals surface area contributed by atoms with Crippen LogP contribution in [0.2, 0.25) is 0 Å². The molecule has 0 bridgehead atoms. The van der Waals surface area contributed by atoms with E-state index in [1.807, 2.05) is 13.8 Å². The van der Waals surface area contributed by atoms with Crippen LogP contribution >= 0.6 is 0 Å². The molecular weight excluding hydrogens is 202 g/mol. The van der Waals surface area contributed by atoms with Crippen molar-refractivity contribution in [2.24, 2.45) is 5.92 Å². The van der Waals surface area contributed by atoms with Gasteiger partial charge in [-0.05, 0) is 32.1 Å². The topological polar surface area (TPSA) is 38.3 Å². The lowest BCUT2D eigenvalue weighted by Crippen LogP contribution is -2.47. The van der Waals surface area contributed by atoms with Crippen molar-refractivity contribution in [3.05, 3.63) is 0 Å². The molecule has 3 atom stereocenters. The van der Waals surface area contributed by atoms with Crippen molar-refractivity contribution in [1.82, 2.24) is 5.32 Å². The molecule has 0 spiro atoms. The summed E-state index contributed by atoms with van der Waals surface area (Å²) in [5.74, 6) is 0.583. The number of esters is 1. The number of nitrogens with one attached hydrogen (secondary N) is 1. The highest BCUT2D eigenvalue weighted by molar-refractivity contribution is 5.75. The monoisotopic (exact) mass is 227 g/mol. The molecule has 0 aromatic rings. The highest BCUT2D eigenvalue weighted by atomic mass is 16.5. The molecule has 1 saturated carbocycles. The summed E-state index contributed by atoms with van der Waals surface area (Å²) in [5.41, 5.74) is 0. The minimum absolute atomic E-state index is 0.0947. The lowest BCUT2D eigenvalue weighted by atomic mass is 9.85. The Morgan fingerprint density at radius 1 is 1.38 bits per heavy atom. The largest absolute Gasteiger partial charge is 0.465 e. The Hall–Kier alpha value is -0.570. The molecule has 0 aromatic carbocycles. The molecule has 3 nitrogen and oxygen atoms in total. The Bertz CT molecular complexity index is 218. The fourth-order valence-electron chi connectivity index (χ4n) is 2.42. The average molecular weight is 227 g/mol. The first-order chi connectivity index (χ1) is 7.69. The first kappa shape index (κ1) is 13.5. The molecular formula is C13H25NO2. The van der Waals surface area contributed by atoms with E-state index in [4.69, 9.17) is 4.74 Å². The van der Waals surface area contributed by atoms with Gasteiger partial charge in [0.15, 0.2) is 0 Å². The van der Waals surface area contributed by atoms with Gasteiger partial charge in [0.25, 0.3) is 0 Å². The van der Waals surface area contributed by atoms with Crippen LogP contribution in [0.15, 0.2) is 0 Å². The van der Waals surface area contributed by atoms with Gasteiger partial charge in [-0.3, -0.25) is 4.79 Å². The van der Waals surface area contributed by atoms with Crippen LogP contribution in [0, 0.1) is 5.92 Å². The van der Waals surface area contributed by atoms with E-state index >= 15 is 0 Å². The van der Waals surface area contributed by atoms with Crippen LogP contribution in [-0.2, 0) is 9.53 Å². The Kier molecular flexibility index (Phi) is 5.81. The van der Waals surface area contributed by atoms with E-state index in [1.54, 1.807) is 0 Å². The molecule has 0 heterocycles. The SMILES string of the molecule is CCOC(=O)C(CC)NC1CCCCC1C. The summed E-state index contributed by atoms with van der Waals surface area (Å²) < 4.78 is 5.07. The molecule has 94 valence electrons. The van der Waals surface area contributed by atoms with E-state index in [1.165, 1.54) is 25.7 Å². The minimum atomic E-state index is -0.120. The van der Waals surface area contributed by atoms with E-state index in [0.29, 0.717) is 18.6 Å². The third-order valence-electron chi connectivity index (χ3n) is 3.51. The van der Waals surface area contributed by atoms with Crippen molar-refractivity contribution in [3.63, 3.8) is 0 Å². The van der Waals surface area contributed by atoms with Gasteiger partial charge >= 0.3 is 5.97 Å². The second-order valence-corrected chi connectivity index (χ2v) is 4.75. The Balaban J connectivity index is 2.44. The lowest BCUT2D eigenvalue weighted by Gasteiger charge is -2.32. The molecule has 0 aliphatic heterocycles. The second-order valence-electron chi connectivity index (χ2n) is 4.75. The highest BCUT2D eigenvalue weighted by Gasteiger charge is 2.26. The lowest BCUT2D eigenvalue weighted by molar-refractivity contribution is -0.146. The molecule has 0 radical (unpaired) electrons. The fraction of sp³-hybridized carbons (Fsp3) is 0.923. The molecule has 1 fully saturated rings. The van der Waals surface area contributed by atoms with Gasteiger partial charge in [-0.2, -0.15) is 0 Å². The van der Waals surface area contributed by atoms with Crippen molar-refractivity contribution in [2.45, 2.75) is 65.0 Å². The smallest absolute Gasteiger partial charge is 0.323 e. The summed E-state index contributed by atoms with van der Waals surface area (Å²) in [7, 11) is 0. The molecule has 1 aliphatic rings. The van der Waals surface area contributed by atoms with E-state index < -0.39 is 0 Å². The number of hydrogen-bond donors (Lipinski definition) is 1. The summed E-state index contributed by atoms with van der Waals surface area (Å²) in [6.45, 7) is 6.63.